The van der Waals surface area contributed by atoms with E-state index < -0.39 is 0 Å². The average molecular weight is 278 g/mol. The number of hydrogen-bond donors (Lipinski definition) is 1. The monoisotopic (exact) mass is 278 g/mol. The van der Waals surface area contributed by atoms with Crippen molar-refractivity contribution in [3.63, 3.8) is 0 Å². The summed E-state index contributed by atoms with van der Waals surface area (Å²) in [7, 11) is 0. The molecule has 3 heteroatoms. The van der Waals surface area contributed by atoms with E-state index in [1.807, 2.05) is 16.9 Å². The van der Waals surface area contributed by atoms with Gasteiger partial charge in [-0.05, 0) is 55.4 Å². The Morgan fingerprint density at radius 1 is 1.30 bits per heavy atom. The highest BCUT2D eigenvalue weighted by molar-refractivity contribution is 5.06. The first-order chi connectivity index (χ1) is 9.43. The molecule has 20 heavy (non-hydrogen) atoms. The Labute approximate surface area is 123 Å². The van der Waals surface area contributed by atoms with Crippen LogP contribution in [-0.2, 0) is 6.54 Å². The molecule has 1 atom stereocenters. The number of aromatic nitrogens is 2. The predicted octanol–water partition coefficient (Wildman–Crippen LogP) is 4.18. The zero-order valence-corrected chi connectivity index (χ0v) is 13.5. The van der Waals surface area contributed by atoms with Gasteiger partial charge in [-0.2, -0.15) is 5.10 Å². The Morgan fingerprint density at radius 3 is 2.50 bits per heavy atom. The fraction of sp³-hybridized carbons (Fsp3) is 0.824. The van der Waals surface area contributed by atoms with Crippen LogP contribution in [0.15, 0.2) is 12.3 Å². The summed E-state index contributed by atoms with van der Waals surface area (Å²) in [4.78, 5) is 0. The van der Waals surface area contributed by atoms with E-state index in [0.717, 1.165) is 37.4 Å². The van der Waals surface area contributed by atoms with Crippen LogP contribution in [0.1, 0.15) is 71.6 Å². The number of nitrogens with zero attached hydrogens (tertiary/aromatic N) is 2. The lowest BCUT2D eigenvalue weighted by molar-refractivity contribution is 0.0471. The van der Waals surface area contributed by atoms with Crippen molar-refractivity contribution in [2.24, 2.45) is 17.3 Å². The highest BCUT2D eigenvalue weighted by Gasteiger charge is 2.33. The van der Waals surface area contributed by atoms with Crippen molar-refractivity contribution in [2.45, 2.75) is 72.4 Å². The Balaban J connectivity index is 1.98. The van der Waals surface area contributed by atoms with Crippen LogP contribution in [0, 0.1) is 17.3 Å². The van der Waals surface area contributed by atoms with Crippen LogP contribution in [-0.4, -0.2) is 14.9 Å². The van der Waals surface area contributed by atoms with Crippen molar-refractivity contribution in [1.82, 2.24) is 9.78 Å². The van der Waals surface area contributed by atoms with Crippen LogP contribution in [0.25, 0.3) is 0 Å². The SMILES string of the molecule is CCCn1nccc1C(O)C1CCC(C(C)(C)C)CC1. The van der Waals surface area contributed by atoms with Gasteiger partial charge in [-0.1, -0.05) is 27.7 Å². The van der Waals surface area contributed by atoms with E-state index in [4.69, 9.17) is 0 Å². The van der Waals surface area contributed by atoms with E-state index in [0.29, 0.717) is 11.3 Å². The van der Waals surface area contributed by atoms with Gasteiger partial charge < -0.3 is 5.11 Å². The van der Waals surface area contributed by atoms with Crippen LogP contribution in [0.5, 0.6) is 0 Å². The van der Waals surface area contributed by atoms with Crippen molar-refractivity contribution in [3.05, 3.63) is 18.0 Å². The first-order valence-corrected chi connectivity index (χ1v) is 8.13. The molecule has 1 aromatic rings. The minimum atomic E-state index is -0.343. The van der Waals surface area contributed by atoms with Crippen molar-refractivity contribution in [3.8, 4) is 0 Å². The molecule has 2 rings (SSSR count). The first-order valence-electron chi connectivity index (χ1n) is 8.13. The quantitative estimate of drug-likeness (QED) is 0.897. The van der Waals surface area contributed by atoms with E-state index in [9.17, 15) is 5.11 Å². The summed E-state index contributed by atoms with van der Waals surface area (Å²) in [5.41, 5.74) is 1.41. The molecule has 0 bridgehead atoms. The molecule has 0 amide bonds. The van der Waals surface area contributed by atoms with Crippen molar-refractivity contribution in [2.75, 3.05) is 0 Å². The van der Waals surface area contributed by atoms with Crippen LogP contribution < -0.4 is 0 Å². The molecule has 0 aliphatic heterocycles. The van der Waals surface area contributed by atoms with Gasteiger partial charge in [-0.3, -0.25) is 4.68 Å². The van der Waals surface area contributed by atoms with Crippen LogP contribution >= 0.6 is 0 Å². The zero-order valence-electron chi connectivity index (χ0n) is 13.5. The lowest BCUT2D eigenvalue weighted by Gasteiger charge is -2.38. The molecule has 1 heterocycles. The normalized spacial score (nSPS) is 25.6. The molecule has 1 saturated carbocycles. The van der Waals surface area contributed by atoms with Gasteiger partial charge in [0, 0.05) is 12.7 Å². The Hall–Kier alpha value is -0.830. The lowest BCUT2D eigenvalue weighted by atomic mass is 9.68. The van der Waals surface area contributed by atoms with Gasteiger partial charge in [-0.25, -0.2) is 0 Å². The summed E-state index contributed by atoms with van der Waals surface area (Å²) in [5.74, 6) is 1.20. The summed E-state index contributed by atoms with van der Waals surface area (Å²) >= 11 is 0. The van der Waals surface area contributed by atoms with E-state index in [1.165, 1.54) is 12.8 Å². The van der Waals surface area contributed by atoms with Gasteiger partial charge in [0.05, 0.1) is 11.8 Å². The fourth-order valence-electron chi connectivity index (χ4n) is 3.54. The molecule has 0 radical (unpaired) electrons. The number of aliphatic hydroxyl groups excluding tert-OH is 1. The highest BCUT2D eigenvalue weighted by atomic mass is 16.3. The van der Waals surface area contributed by atoms with Gasteiger partial charge >= 0.3 is 0 Å². The van der Waals surface area contributed by atoms with Gasteiger partial charge in [-0.15, -0.1) is 0 Å². The average Bonchev–Trinajstić information content (AvgIpc) is 2.86. The van der Waals surface area contributed by atoms with Crippen molar-refractivity contribution in [1.29, 1.82) is 0 Å². The van der Waals surface area contributed by atoms with Crippen molar-refractivity contribution < 1.29 is 5.11 Å². The topological polar surface area (TPSA) is 38.0 Å². The minimum Gasteiger partial charge on any atom is -0.387 e. The molecule has 0 spiro atoms. The molecule has 114 valence electrons. The summed E-state index contributed by atoms with van der Waals surface area (Å²) in [6.07, 6.45) is 7.29. The standard InChI is InChI=1S/C17H30N2O/c1-5-12-19-15(10-11-18-19)16(20)13-6-8-14(9-7-13)17(2,3)4/h10-11,13-14,16,20H,5-9,12H2,1-4H3. The smallest absolute Gasteiger partial charge is 0.0984 e. The maximum Gasteiger partial charge on any atom is 0.0984 e. The van der Waals surface area contributed by atoms with Crippen LogP contribution in [0.2, 0.25) is 0 Å². The highest BCUT2D eigenvalue weighted by Crippen LogP contribution is 2.43. The molecular formula is C17H30N2O. The molecule has 1 aromatic heterocycles. The molecule has 0 saturated heterocycles. The summed E-state index contributed by atoms with van der Waals surface area (Å²) < 4.78 is 1.97. The second kappa shape index (κ2) is 6.30. The van der Waals surface area contributed by atoms with Crippen LogP contribution in [0.4, 0.5) is 0 Å². The maximum atomic E-state index is 10.7. The van der Waals surface area contributed by atoms with Crippen molar-refractivity contribution >= 4 is 0 Å². The maximum absolute atomic E-state index is 10.7. The molecule has 1 N–H and O–H groups in total. The number of hydrogen-bond acceptors (Lipinski definition) is 2. The summed E-state index contributed by atoms with van der Waals surface area (Å²) in [5, 5.41) is 15.0. The Kier molecular flexibility index (Phi) is 4.90. The fourth-order valence-corrected chi connectivity index (χ4v) is 3.54. The molecule has 0 aromatic carbocycles. The first kappa shape index (κ1) is 15.6. The molecule has 1 fully saturated rings. The van der Waals surface area contributed by atoms with E-state index in [2.05, 4.69) is 32.8 Å². The third kappa shape index (κ3) is 3.43. The number of aryl methyl sites for hydroxylation is 1. The molecular weight excluding hydrogens is 248 g/mol. The summed E-state index contributed by atoms with van der Waals surface area (Å²) in [6.45, 7) is 10.1. The van der Waals surface area contributed by atoms with Gasteiger partial charge in [0.15, 0.2) is 0 Å². The minimum absolute atomic E-state index is 0.343. The Morgan fingerprint density at radius 2 is 1.95 bits per heavy atom. The molecule has 1 aliphatic rings. The second-order valence-electron chi connectivity index (χ2n) is 7.40. The van der Waals surface area contributed by atoms with E-state index in [-0.39, 0.29) is 6.10 Å². The third-order valence-corrected chi connectivity index (χ3v) is 4.93. The van der Waals surface area contributed by atoms with E-state index in [1.54, 1.807) is 0 Å². The second-order valence-corrected chi connectivity index (χ2v) is 7.40. The zero-order chi connectivity index (χ0) is 14.8. The lowest BCUT2D eigenvalue weighted by Crippen LogP contribution is -2.28. The summed E-state index contributed by atoms with van der Waals surface area (Å²) in [6, 6.07) is 1.98. The molecule has 1 unspecified atom stereocenters. The number of aliphatic hydroxyl groups is 1. The Bertz CT molecular complexity index is 411. The largest absolute Gasteiger partial charge is 0.387 e. The van der Waals surface area contributed by atoms with Gasteiger partial charge in [0.25, 0.3) is 0 Å². The van der Waals surface area contributed by atoms with E-state index >= 15 is 0 Å². The van der Waals surface area contributed by atoms with Gasteiger partial charge in [0.2, 0.25) is 0 Å². The molecule has 3 nitrogen and oxygen atoms in total. The predicted molar refractivity (Wildman–Crippen MR) is 82.4 cm³/mol. The number of rotatable bonds is 4. The third-order valence-electron chi connectivity index (χ3n) is 4.93. The van der Waals surface area contributed by atoms with Gasteiger partial charge in [0.1, 0.15) is 0 Å². The molecule has 1 aliphatic carbocycles. The van der Waals surface area contributed by atoms with Crippen LogP contribution in [0.3, 0.4) is 0 Å².